The van der Waals surface area contributed by atoms with Crippen molar-refractivity contribution in [1.29, 1.82) is 0 Å². The molecular weight excluding hydrogens is 238 g/mol. The molecule has 0 aromatic carbocycles. The number of ether oxygens (including phenoxy) is 1. The molecule has 0 bridgehead atoms. The number of hydrogen-bond donors (Lipinski definition) is 1. The van der Waals surface area contributed by atoms with Gasteiger partial charge in [0.05, 0.1) is 11.6 Å². The summed E-state index contributed by atoms with van der Waals surface area (Å²) in [6, 6.07) is 1.88. The lowest BCUT2D eigenvalue weighted by Crippen LogP contribution is -2.15. The van der Waals surface area contributed by atoms with Crippen LogP contribution in [0, 0.1) is 0 Å². The zero-order valence-corrected chi connectivity index (χ0v) is 11.4. The summed E-state index contributed by atoms with van der Waals surface area (Å²) in [6.07, 6.45) is 2.62. The van der Waals surface area contributed by atoms with Gasteiger partial charge in [0.1, 0.15) is 0 Å². The Bertz CT molecular complexity index is 345. The maximum atomic E-state index is 6.01. The van der Waals surface area contributed by atoms with Crippen molar-refractivity contribution in [3.8, 4) is 5.88 Å². The van der Waals surface area contributed by atoms with Gasteiger partial charge in [0.2, 0.25) is 5.88 Å². The lowest BCUT2D eigenvalue weighted by Gasteiger charge is -2.11. The summed E-state index contributed by atoms with van der Waals surface area (Å²) >= 11 is 6.01. The average Bonchev–Trinajstić information content (AvgIpc) is 2.28. The van der Waals surface area contributed by atoms with E-state index in [2.05, 4.69) is 15.2 Å². The van der Waals surface area contributed by atoms with E-state index in [9.17, 15) is 0 Å². The quantitative estimate of drug-likeness (QED) is 0.756. The molecule has 1 N–H and O–H groups in total. The van der Waals surface area contributed by atoms with Crippen molar-refractivity contribution in [3.05, 3.63) is 22.8 Å². The van der Waals surface area contributed by atoms with Crippen LogP contribution in [-0.2, 0) is 6.54 Å². The molecule has 0 saturated carbocycles. The van der Waals surface area contributed by atoms with E-state index in [0.717, 1.165) is 25.1 Å². The summed E-state index contributed by atoms with van der Waals surface area (Å²) < 4.78 is 5.57. The van der Waals surface area contributed by atoms with Gasteiger partial charge >= 0.3 is 0 Å². The maximum Gasteiger partial charge on any atom is 0.213 e. The highest BCUT2D eigenvalue weighted by atomic mass is 35.5. The monoisotopic (exact) mass is 257 g/mol. The number of nitrogens with zero attached hydrogens (tertiary/aromatic N) is 2. The third-order valence-electron chi connectivity index (χ3n) is 2.28. The fourth-order valence-corrected chi connectivity index (χ4v) is 1.59. The zero-order valence-electron chi connectivity index (χ0n) is 10.7. The third-order valence-corrected chi connectivity index (χ3v) is 2.62. The molecule has 0 aliphatic carbocycles. The van der Waals surface area contributed by atoms with Gasteiger partial charge in [0.15, 0.2) is 0 Å². The highest BCUT2D eigenvalue weighted by Gasteiger charge is 2.03. The van der Waals surface area contributed by atoms with Crippen LogP contribution in [0.2, 0.25) is 5.02 Å². The lowest BCUT2D eigenvalue weighted by molar-refractivity contribution is 0.273. The number of halogens is 1. The number of nitrogens with one attached hydrogen (secondary N) is 1. The summed E-state index contributed by atoms with van der Waals surface area (Å²) in [4.78, 5) is 6.27. The van der Waals surface area contributed by atoms with Crippen LogP contribution in [0.1, 0.15) is 12.0 Å². The van der Waals surface area contributed by atoms with E-state index in [1.807, 2.05) is 27.2 Å². The predicted molar refractivity (Wildman–Crippen MR) is 70.7 cm³/mol. The Morgan fingerprint density at radius 3 is 2.88 bits per heavy atom. The number of hydrogen-bond acceptors (Lipinski definition) is 4. The lowest BCUT2D eigenvalue weighted by atomic mass is 10.2. The van der Waals surface area contributed by atoms with Crippen LogP contribution in [-0.4, -0.2) is 44.2 Å². The van der Waals surface area contributed by atoms with Crippen molar-refractivity contribution in [3.63, 3.8) is 0 Å². The molecule has 4 nitrogen and oxygen atoms in total. The van der Waals surface area contributed by atoms with Crippen molar-refractivity contribution >= 4 is 11.6 Å². The molecule has 1 rings (SSSR count). The fourth-order valence-electron chi connectivity index (χ4n) is 1.42. The molecular formula is C12H20ClN3O. The standard InChI is InChI=1S/C12H20ClN3O/c1-14-8-10-7-12(15-9-11(10)13)17-6-4-5-16(2)3/h7,9,14H,4-6,8H2,1-3H3. The minimum Gasteiger partial charge on any atom is -0.478 e. The van der Waals surface area contributed by atoms with Crippen LogP contribution in [0.4, 0.5) is 0 Å². The van der Waals surface area contributed by atoms with Crippen LogP contribution < -0.4 is 10.1 Å². The Morgan fingerprint density at radius 2 is 2.24 bits per heavy atom. The molecule has 1 aromatic rings. The highest BCUT2D eigenvalue weighted by molar-refractivity contribution is 6.31. The molecule has 17 heavy (non-hydrogen) atoms. The molecule has 0 aliphatic heterocycles. The molecule has 0 saturated heterocycles. The van der Waals surface area contributed by atoms with Gasteiger partial charge in [-0.05, 0) is 33.1 Å². The van der Waals surface area contributed by atoms with Crippen molar-refractivity contribution in [2.75, 3.05) is 34.3 Å². The Hall–Kier alpha value is -0.840. The first-order valence-corrected chi connectivity index (χ1v) is 6.08. The molecule has 0 radical (unpaired) electrons. The Morgan fingerprint density at radius 1 is 1.47 bits per heavy atom. The van der Waals surface area contributed by atoms with Gasteiger partial charge in [0, 0.05) is 25.4 Å². The second kappa shape index (κ2) is 7.48. The highest BCUT2D eigenvalue weighted by Crippen LogP contribution is 2.19. The van der Waals surface area contributed by atoms with Crippen LogP contribution in [0.5, 0.6) is 5.88 Å². The zero-order chi connectivity index (χ0) is 12.7. The van der Waals surface area contributed by atoms with E-state index in [1.54, 1.807) is 6.20 Å². The van der Waals surface area contributed by atoms with E-state index in [0.29, 0.717) is 17.5 Å². The molecule has 1 aromatic heterocycles. The predicted octanol–water partition coefficient (Wildman–Crippen LogP) is 1.78. The van der Waals surface area contributed by atoms with Crippen molar-refractivity contribution < 1.29 is 4.74 Å². The van der Waals surface area contributed by atoms with E-state index in [1.165, 1.54) is 0 Å². The van der Waals surface area contributed by atoms with Gasteiger partial charge in [-0.25, -0.2) is 4.98 Å². The summed E-state index contributed by atoms with van der Waals surface area (Å²) in [6.45, 7) is 2.40. The SMILES string of the molecule is CNCc1cc(OCCCN(C)C)ncc1Cl. The molecule has 0 aliphatic rings. The minimum absolute atomic E-state index is 0.637. The first kappa shape index (κ1) is 14.2. The average molecular weight is 258 g/mol. The minimum atomic E-state index is 0.637. The third kappa shape index (κ3) is 5.35. The molecule has 0 fully saturated rings. The largest absolute Gasteiger partial charge is 0.478 e. The van der Waals surface area contributed by atoms with Gasteiger partial charge in [-0.15, -0.1) is 0 Å². The molecule has 1 heterocycles. The molecule has 0 amide bonds. The van der Waals surface area contributed by atoms with Gasteiger partial charge in [-0.1, -0.05) is 11.6 Å². The van der Waals surface area contributed by atoms with E-state index in [-0.39, 0.29) is 0 Å². The summed E-state index contributed by atoms with van der Waals surface area (Å²) in [7, 11) is 5.98. The van der Waals surface area contributed by atoms with Gasteiger partial charge in [0.25, 0.3) is 0 Å². The first-order chi connectivity index (χ1) is 8.13. The number of aromatic nitrogens is 1. The Balaban J connectivity index is 2.45. The second-order valence-electron chi connectivity index (χ2n) is 4.15. The van der Waals surface area contributed by atoms with Crippen LogP contribution in [0.25, 0.3) is 0 Å². The van der Waals surface area contributed by atoms with Crippen molar-refractivity contribution in [2.45, 2.75) is 13.0 Å². The van der Waals surface area contributed by atoms with Gasteiger partial charge in [-0.2, -0.15) is 0 Å². The Kier molecular flexibility index (Phi) is 6.26. The smallest absolute Gasteiger partial charge is 0.213 e. The van der Waals surface area contributed by atoms with Crippen LogP contribution in [0.3, 0.4) is 0 Å². The number of pyridine rings is 1. The normalized spacial score (nSPS) is 10.9. The molecule has 0 atom stereocenters. The summed E-state index contributed by atoms with van der Waals surface area (Å²) in [5.41, 5.74) is 1.01. The van der Waals surface area contributed by atoms with Crippen molar-refractivity contribution in [1.82, 2.24) is 15.2 Å². The fraction of sp³-hybridized carbons (Fsp3) is 0.583. The topological polar surface area (TPSA) is 37.4 Å². The van der Waals surface area contributed by atoms with Crippen LogP contribution >= 0.6 is 11.6 Å². The van der Waals surface area contributed by atoms with E-state index in [4.69, 9.17) is 16.3 Å². The summed E-state index contributed by atoms with van der Waals surface area (Å²) in [5, 5.41) is 3.73. The molecule has 5 heteroatoms. The molecule has 0 unspecified atom stereocenters. The van der Waals surface area contributed by atoms with Crippen LogP contribution in [0.15, 0.2) is 12.3 Å². The van der Waals surface area contributed by atoms with Gasteiger partial charge < -0.3 is 15.0 Å². The van der Waals surface area contributed by atoms with Gasteiger partial charge in [-0.3, -0.25) is 0 Å². The first-order valence-electron chi connectivity index (χ1n) is 5.70. The number of rotatable bonds is 7. The maximum absolute atomic E-state index is 6.01. The molecule has 0 spiro atoms. The van der Waals surface area contributed by atoms with E-state index >= 15 is 0 Å². The second-order valence-corrected chi connectivity index (χ2v) is 4.56. The van der Waals surface area contributed by atoms with Crippen molar-refractivity contribution in [2.24, 2.45) is 0 Å². The molecule has 96 valence electrons. The van der Waals surface area contributed by atoms with E-state index < -0.39 is 0 Å². The summed E-state index contributed by atoms with van der Waals surface area (Å²) in [5.74, 6) is 0.637. The Labute approximate surface area is 108 Å².